The van der Waals surface area contributed by atoms with Crippen LogP contribution in [0.4, 0.5) is 0 Å². The van der Waals surface area contributed by atoms with Gasteiger partial charge >= 0.3 is 0 Å². The van der Waals surface area contributed by atoms with E-state index in [2.05, 4.69) is 64.9 Å². The predicted octanol–water partition coefficient (Wildman–Crippen LogP) is 7.02. The zero-order valence-electron chi connectivity index (χ0n) is 21.6. The lowest BCUT2D eigenvalue weighted by Gasteiger charge is -2.57. The normalized spacial score (nSPS) is 44.7. The molecule has 3 nitrogen and oxygen atoms in total. The van der Waals surface area contributed by atoms with Gasteiger partial charge in [-0.2, -0.15) is 0 Å². The van der Waals surface area contributed by atoms with Crippen molar-refractivity contribution in [3.05, 3.63) is 23.8 Å². The molecule has 180 valence electrons. The Bertz CT molecular complexity index is 782. The van der Waals surface area contributed by atoms with Crippen molar-refractivity contribution in [3.8, 4) is 0 Å². The van der Waals surface area contributed by atoms with Gasteiger partial charge in [0.25, 0.3) is 0 Å². The van der Waals surface area contributed by atoms with Crippen molar-refractivity contribution >= 4 is 5.71 Å². The van der Waals surface area contributed by atoms with Gasteiger partial charge in [0.2, 0.25) is 0 Å². The molecular formula is C29H47NO2. The Hall–Kier alpha value is -1.09. The highest BCUT2D eigenvalue weighted by atomic mass is 16.6. The van der Waals surface area contributed by atoms with Crippen molar-refractivity contribution in [2.24, 2.45) is 57.4 Å². The van der Waals surface area contributed by atoms with Crippen molar-refractivity contribution in [3.63, 3.8) is 0 Å². The van der Waals surface area contributed by atoms with Crippen LogP contribution >= 0.6 is 0 Å². The van der Waals surface area contributed by atoms with E-state index in [-0.39, 0.29) is 11.5 Å². The molecule has 9 atom stereocenters. The van der Waals surface area contributed by atoms with Crippen molar-refractivity contribution in [1.29, 1.82) is 0 Å². The Morgan fingerprint density at radius 3 is 2.34 bits per heavy atom. The number of aliphatic hydroxyl groups excluding tert-OH is 1. The van der Waals surface area contributed by atoms with Gasteiger partial charge in [-0.15, -0.1) is 0 Å². The van der Waals surface area contributed by atoms with Crippen LogP contribution < -0.4 is 0 Å². The monoisotopic (exact) mass is 441 g/mol. The molecule has 1 N–H and O–H groups in total. The fraction of sp³-hybridized carbons (Fsp3) is 0.828. The molecule has 0 saturated heterocycles. The second kappa shape index (κ2) is 8.93. The average molecular weight is 442 g/mol. The Labute approximate surface area is 196 Å². The molecule has 3 saturated carbocycles. The topological polar surface area (TPSA) is 41.8 Å². The molecule has 0 aromatic heterocycles. The first-order chi connectivity index (χ1) is 15.1. The summed E-state index contributed by atoms with van der Waals surface area (Å²) in [4.78, 5) is 5.31. The lowest BCUT2D eigenvalue weighted by Crippen LogP contribution is -2.52. The van der Waals surface area contributed by atoms with Crippen molar-refractivity contribution in [2.45, 2.75) is 92.6 Å². The van der Waals surface area contributed by atoms with Gasteiger partial charge in [-0.1, -0.05) is 64.4 Å². The third kappa shape index (κ3) is 3.91. The molecule has 0 radical (unpaired) electrons. The van der Waals surface area contributed by atoms with E-state index in [1.54, 1.807) is 12.7 Å². The van der Waals surface area contributed by atoms with Crippen LogP contribution in [0.15, 0.2) is 29.0 Å². The van der Waals surface area contributed by atoms with Gasteiger partial charge in [0, 0.05) is 5.92 Å². The minimum absolute atomic E-state index is 0.198. The van der Waals surface area contributed by atoms with Crippen LogP contribution in [-0.4, -0.2) is 24.0 Å². The summed E-state index contributed by atoms with van der Waals surface area (Å²) in [6, 6.07) is 0. The van der Waals surface area contributed by atoms with Crippen LogP contribution in [0.25, 0.3) is 0 Å². The second-order valence-corrected chi connectivity index (χ2v) is 12.5. The summed E-state index contributed by atoms with van der Waals surface area (Å²) in [6.07, 6.45) is 15.4. The van der Waals surface area contributed by atoms with Crippen LogP contribution in [0.3, 0.4) is 0 Å². The van der Waals surface area contributed by atoms with Gasteiger partial charge in [0.05, 0.1) is 11.8 Å². The first kappa shape index (κ1) is 24.0. The SMILES string of the molecule is CO/N=C1/C=C2[C@H](CC[C@]3(C)[C@@H]([C@H](C)/C=C/[C@H](C)C(C)C)CC[C@@H]23)[C@@]2(C)CC[C@H](O)C[C@H]12. The lowest BCUT2D eigenvalue weighted by atomic mass is 9.47. The van der Waals surface area contributed by atoms with E-state index >= 15 is 0 Å². The Balaban J connectivity index is 1.64. The number of oxime groups is 1. The van der Waals surface area contributed by atoms with Crippen LogP contribution in [0.2, 0.25) is 0 Å². The van der Waals surface area contributed by atoms with Crippen molar-refractivity contribution in [1.82, 2.24) is 0 Å². The summed E-state index contributed by atoms with van der Waals surface area (Å²) < 4.78 is 0. The molecule has 3 fully saturated rings. The van der Waals surface area contributed by atoms with Crippen molar-refractivity contribution < 1.29 is 9.94 Å². The summed E-state index contributed by atoms with van der Waals surface area (Å²) in [6.45, 7) is 14.5. The fourth-order valence-corrected chi connectivity index (χ4v) is 8.17. The Morgan fingerprint density at radius 2 is 1.66 bits per heavy atom. The minimum atomic E-state index is -0.198. The Kier molecular flexibility index (Phi) is 6.71. The summed E-state index contributed by atoms with van der Waals surface area (Å²) in [7, 11) is 1.66. The number of allylic oxidation sites excluding steroid dienone is 4. The third-order valence-corrected chi connectivity index (χ3v) is 10.6. The summed E-state index contributed by atoms with van der Waals surface area (Å²) in [5.41, 5.74) is 3.34. The molecule has 0 amide bonds. The zero-order chi connectivity index (χ0) is 23.3. The van der Waals surface area contributed by atoms with Gasteiger partial charge < -0.3 is 9.94 Å². The van der Waals surface area contributed by atoms with Crippen LogP contribution in [-0.2, 0) is 4.84 Å². The molecule has 4 rings (SSSR count). The quantitative estimate of drug-likeness (QED) is 0.368. The van der Waals surface area contributed by atoms with E-state index < -0.39 is 0 Å². The van der Waals surface area contributed by atoms with Gasteiger partial charge in [0.1, 0.15) is 7.11 Å². The van der Waals surface area contributed by atoms with Crippen LogP contribution in [0.5, 0.6) is 0 Å². The summed E-state index contributed by atoms with van der Waals surface area (Å²) >= 11 is 0. The third-order valence-electron chi connectivity index (χ3n) is 10.6. The fourth-order valence-electron chi connectivity index (χ4n) is 8.17. The van der Waals surface area contributed by atoms with Gasteiger partial charge in [0.15, 0.2) is 0 Å². The van der Waals surface area contributed by atoms with Crippen molar-refractivity contribution in [2.75, 3.05) is 7.11 Å². The van der Waals surface area contributed by atoms with Gasteiger partial charge in [-0.25, -0.2) is 0 Å². The molecule has 0 spiro atoms. The lowest BCUT2D eigenvalue weighted by molar-refractivity contribution is -0.0160. The number of aliphatic hydroxyl groups is 1. The molecule has 0 unspecified atom stereocenters. The standard InChI is InChI=1S/C29H47NO2/c1-18(2)19(3)8-9-20(4)23-10-11-24-22-17-27(30-32-7)26-16-21(31)12-14-29(26,6)25(22)13-15-28(23,24)5/h8-9,17-21,23-26,31H,10-16H2,1-7H3/b9-8+,30-27-/t19-,20+,21-,23+,24-,25-,26+,28+,29+/m0/s1. The van der Waals surface area contributed by atoms with E-state index in [0.29, 0.717) is 40.9 Å². The molecule has 4 aliphatic rings. The minimum Gasteiger partial charge on any atom is -0.399 e. The first-order valence-corrected chi connectivity index (χ1v) is 13.3. The second-order valence-electron chi connectivity index (χ2n) is 12.5. The highest BCUT2D eigenvalue weighted by molar-refractivity contribution is 5.99. The smallest absolute Gasteiger partial charge is 0.106 e. The number of rotatable bonds is 5. The van der Waals surface area contributed by atoms with Gasteiger partial charge in [-0.05, 0) is 97.4 Å². The highest BCUT2D eigenvalue weighted by Gasteiger charge is 2.59. The maximum atomic E-state index is 10.4. The molecule has 0 aliphatic heterocycles. The van der Waals surface area contributed by atoms with E-state index in [1.807, 2.05) is 0 Å². The number of hydrogen-bond donors (Lipinski definition) is 1. The van der Waals surface area contributed by atoms with Crippen LogP contribution in [0.1, 0.15) is 86.5 Å². The first-order valence-electron chi connectivity index (χ1n) is 13.3. The molecule has 0 bridgehead atoms. The molecular weight excluding hydrogens is 394 g/mol. The molecule has 0 aromatic carbocycles. The average Bonchev–Trinajstić information content (AvgIpc) is 3.10. The zero-order valence-corrected chi connectivity index (χ0v) is 21.6. The molecule has 0 aromatic rings. The molecule has 0 heterocycles. The van der Waals surface area contributed by atoms with E-state index in [9.17, 15) is 5.11 Å². The largest absolute Gasteiger partial charge is 0.399 e. The van der Waals surface area contributed by atoms with Gasteiger partial charge in [-0.3, -0.25) is 0 Å². The van der Waals surface area contributed by atoms with E-state index in [4.69, 9.17) is 4.84 Å². The van der Waals surface area contributed by atoms with E-state index in [1.165, 1.54) is 25.7 Å². The maximum Gasteiger partial charge on any atom is 0.106 e. The summed E-state index contributed by atoms with van der Waals surface area (Å²) in [5, 5.41) is 14.9. The van der Waals surface area contributed by atoms with E-state index in [0.717, 1.165) is 30.9 Å². The molecule has 4 aliphatic carbocycles. The number of nitrogens with zero attached hydrogens (tertiary/aromatic N) is 1. The number of fused-ring (bicyclic) bond motifs is 5. The van der Waals surface area contributed by atoms with Crippen LogP contribution in [0, 0.1) is 52.3 Å². The predicted molar refractivity (Wildman–Crippen MR) is 133 cm³/mol. The summed E-state index contributed by atoms with van der Waals surface area (Å²) in [5.74, 6) is 4.36. The molecule has 32 heavy (non-hydrogen) atoms. The Morgan fingerprint density at radius 1 is 0.969 bits per heavy atom. The maximum absolute atomic E-state index is 10.4. The number of hydrogen-bond acceptors (Lipinski definition) is 3. The molecule has 3 heteroatoms. The highest BCUT2D eigenvalue weighted by Crippen LogP contribution is 2.66.